The van der Waals surface area contributed by atoms with Crippen molar-refractivity contribution < 1.29 is 0 Å². The normalized spacial score (nSPS) is 12.9. The zero-order chi connectivity index (χ0) is 9.99. The summed E-state index contributed by atoms with van der Waals surface area (Å²) in [6.07, 6.45) is 0. The Labute approximate surface area is 83.3 Å². The molecule has 0 unspecified atom stereocenters. The van der Waals surface area contributed by atoms with Crippen molar-refractivity contribution in [2.75, 3.05) is 0 Å². The number of nitrogens with zero attached hydrogens (tertiary/aromatic N) is 1. The van der Waals surface area contributed by atoms with Crippen LogP contribution in [0.3, 0.4) is 0 Å². The first-order chi connectivity index (χ1) is 5.19. The first kappa shape index (κ1) is 12.2. The Morgan fingerprint density at radius 2 is 1.33 bits per heavy atom. The number of aliphatic imine (C=N–C) groups is 1. The van der Waals surface area contributed by atoms with E-state index in [1.807, 2.05) is 0 Å². The van der Waals surface area contributed by atoms with Crippen LogP contribution in [-0.4, -0.2) is 26.6 Å². The second-order valence-corrected chi connectivity index (χ2v) is 16.7. The zero-order valence-electron chi connectivity index (χ0n) is 8.93. The fourth-order valence-corrected chi connectivity index (χ4v) is 13.3. The average molecular weight is 217 g/mol. The molecule has 0 aromatic carbocycles. The highest BCUT2D eigenvalue weighted by Gasteiger charge is 2.37. The van der Waals surface area contributed by atoms with E-state index in [0.717, 1.165) is 0 Å². The van der Waals surface area contributed by atoms with Crippen molar-refractivity contribution in [3.8, 4) is 0 Å². The van der Waals surface area contributed by atoms with Gasteiger partial charge in [-0.1, -0.05) is 39.3 Å². The van der Waals surface area contributed by atoms with E-state index in [2.05, 4.69) is 49.4 Å². The van der Waals surface area contributed by atoms with E-state index in [1.165, 1.54) is 0 Å². The molecule has 70 valence electrons. The summed E-state index contributed by atoms with van der Waals surface area (Å²) >= 11 is 4.69. The molecule has 12 heavy (non-hydrogen) atoms. The SMILES string of the molecule is C[Si](C)(C)C(N=C=S)[Si](C)(C)C. The maximum Gasteiger partial charge on any atom is 0.0704 e. The molecule has 0 aromatic heterocycles. The number of rotatable bonds is 3. The number of thiocarbonyl (C=S) groups is 1. The molecule has 0 saturated heterocycles. The van der Waals surface area contributed by atoms with Gasteiger partial charge >= 0.3 is 0 Å². The minimum atomic E-state index is -1.18. The third kappa shape index (κ3) is 3.76. The van der Waals surface area contributed by atoms with E-state index in [1.54, 1.807) is 0 Å². The van der Waals surface area contributed by atoms with Crippen molar-refractivity contribution in [3.05, 3.63) is 0 Å². The van der Waals surface area contributed by atoms with Gasteiger partial charge in [0.2, 0.25) is 0 Å². The molecule has 0 aliphatic rings. The molecule has 0 saturated carbocycles. The summed E-state index contributed by atoms with van der Waals surface area (Å²) in [6.45, 7) is 14.1. The smallest absolute Gasteiger partial charge is 0.0704 e. The van der Waals surface area contributed by atoms with Crippen molar-refractivity contribution in [2.45, 2.75) is 44.6 Å². The second kappa shape index (κ2) is 3.96. The topological polar surface area (TPSA) is 12.4 Å². The Bertz CT molecular complexity index is 182. The maximum atomic E-state index is 4.69. The molecule has 0 heterocycles. The van der Waals surface area contributed by atoms with Gasteiger partial charge in [0.1, 0.15) is 0 Å². The van der Waals surface area contributed by atoms with Crippen LogP contribution >= 0.6 is 12.2 Å². The molecule has 0 bridgehead atoms. The predicted molar refractivity (Wildman–Crippen MR) is 65.5 cm³/mol. The highest BCUT2D eigenvalue weighted by molar-refractivity contribution is 7.78. The van der Waals surface area contributed by atoms with Crippen molar-refractivity contribution in [1.82, 2.24) is 0 Å². The van der Waals surface area contributed by atoms with Crippen LogP contribution in [0.15, 0.2) is 4.99 Å². The van der Waals surface area contributed by atoms with Crippen molar-refractivity contribution in [1.29, 1.82) is 0 Å². The van der Waals surface area contributed by atoms with Crippen molar-refractivity contribution in [3.63, 3.8) is 0 Å². The lowest BCUT2D eigenvalue weighted by Crippen LogP contribution is -2.52. The summed E-state index contributed by atoms with van der Waals surface area (Å²) in [5.41, 5.74) is 0. The fraction of sp³-hybridized carbons (Fsp3) is 0.875. The van der Waals surface area contributed by atoms with Crippen molar-refractivity contribution in [2.24, 2.45) is 4.99 Å². The summed E-state index contributed by atoms with van der Waals surface area (Å²) in [5.74, 6) is 0. The summed E-state index contributed by atoms with van der Waals surface area (Å²) in [4.78, 5) is 4.35. The second-order valence-electron chi connectivity index (χ2n) is 5.35. The lowest BCUT2D eigenvalue weighted by atomic mass is 11.3. The molecular formula is C8H19NSSi2. The van der Waals surface area contributed by atoms with Crippen LogP contribution in [0.2, 0.25) is 39.3 Å². The van der Waals surface area contributed by atoms with Gasteiger partial charge in [-0.25, -0.2) is 4.99 Å². The van der Waals surface area contributed by atoms with Crippen LogP contribution in [0.25, 0.3) is 0 Å². The molecule has 0 aromatic rings. The van der Waals surface area contributed by atoms with Crippen LogP contribution in [0, 0.1) is 0 Å². The van der Waals surface area contributed by atoms with Crippen LogP contribution in [0.1, 0.15) is 0 Å². The average Bonchev–Trinajstić information content (AvgIpc) is 1.77. The third-order valence-electron chi connectivity index (χ3n) is 1.82. The molecule has 4 heteroatoms. The van der Waals surface area contributed by atoms with Gasteiger partial charge in [-0.15, -0.1) is 0 Å². The van der Waals surface area contributed by atoms with E-state index in [4.69, 9.17) is 12.2 Å². The van der Waals surface area contributed by atoms with E-state index in [9.17, 15) is 0 Å². The zero-order valence-corrected chi connectivity index (χ0v) is 11.7. The molecule has 0 fully saturated rings. The lowest BCUT2D eigenvalue weighted by molar-refractivity contribution is 1.13. The maximum absolute atomic E-state index is 4.69. The first-order valence-electron chi connectivity index (χ1n) is 4.26. The lowest BCUT2D eigenvalue weighted by Gasteiger charge is -2.33. The Hall–Kier alpha value is 0.234. The molecule has 0 amide bonds. The van der Waals surface area contributed by atoms with Crippen LogP contribution in [0.5, 0.6) is 0 Å². The molecule has 0 spiro atoms. The highest BCUT2D eigenvalue weighted by Crippen LogP contribution is 2.21. The van der Waals surface area contributed by atoms with Crippen LogP contribution < -0.4 is 0 Å². The van der Waals surface area contributed by atoms with Crippen LogP contribution in [-0.2, 0) is 0 Å². The largest absolute Gasteiger partial charge is 0.236 e. The number of hydrogen-bond donors (Lipinski definition) is 0. The standard InChI is InChI=1S/C8H19NSSi2/c1-11(2,3)8(9-7-10)12(4,5)6/h8H,1-6H3. The first-order valence-corrected chi connectivity index (χ1v) is 11.8. The number of hydrogen-bond acceptors (Lipinski definition) is 2. The summed E-state index contributed by atoms with van der Waals surface area (Å²) in [6, 6.07) is 0. The molecule has 0 radical (unpaired) electrons. The van der Waals surface area contributed by atoms with Gasteiger partial charge in [-0.3, -0.25) is 0 Å². The molecule has 0 aliphatic carbocycles. The Kier molecular flexibility index (Phi) is 4.04. The Balaban J connectivity index is 4.81. The van der Waals surface area contributed by atoms with E-state index >= 15 is 0 Å². The van der Waals surface area contributed by atoms with Gasteiger partial charge in [0.25, 0.3) is 0 Å². The fourth-order valence-electron chi connectivity index (χ4n) is 1.74. The van der Waals surface area contributed by atoms with Gasteiger partial charge in [0.15, 0.2) is 0 Å². The predicted octanol–water partition coefficient (Wildman–Crippen LogP) is 3.21. The molecule has 0 aliphatic heterocycles. The molecular weight excluding hydrogens is 198 g/mol. The third-order valence-corrected chi connectivity index (χ3v) is 10.7. The van der Waals surface area contributed by atoms with E-state index in [-0.39, 0.29) is 0 Å². The minimum absolute atomic E-state index is 0.516. The molecule has 0 rings (SSSR count). The monoisotopic (exact) mass is 217 g/mol. The van der Waals surface area contributed by atoms with Gasteiger partial charge in [0, 0.05) is 5.29 Å². The van der Waals surface area contributed by atoms with E-state index in [0.29, 0.717) is 5.29 Å². The number of isothiocyanates is 1. The van der Waals surface area contributed by atoms with Gasteiger partial charge in [-0.05, 0) is 12.2 Å². The summed E-state index contributed by atoms with van der Waals surface area (Å²) in [7, 11) is -2.35. The molecule has 0 atom stereocenters. The summed E-state index contributed by atoms with van der Waals surface area (Å²) < 4.78 is 0. The Morgan fingerprint density at radius 3 is 1.42 bits per heavy atom. The van der Waals surface area contributed by atoms with Crippen LogP contribution in [0.4, 0.5) is 0 Å². The Morgan fingerprint density at radius 1 is 1.00 bits per heavy atom. The molecule has 0 N–H and O–H groups in total. The van der Waals surface area contributed by atoms with Gasteiger partial charge in [0.05, 0.1) is 21.3 Å². The van der Waals surface area contributed by atoms with Gasteiger partial charge < -0.3 is 0 Å². The van der Waals surface area contributed by atoms with Gasteiger partial charge in [-0.2, -0.15) is 0 Å². The van der Waals surface area contributed by atoms with Crippen molar-refractivity contribution >= 4 is 33.5 Å². The van der Waals surface area contributed by atoms with E-state index < -0.39 is 16.1 Å². The summed E-state index contributed by atoms with van der Waals surface area (Å²) in [5, 5.41) is 3.07. The minimum Gasteiger partial charge on any atom is -0.236 e. The molecule has 1 nitrogen and oxygen atoms in total. The quantitative estimate of drug-likeness (QED) is 0.402. The highest BCUT2D eigenvalue weighted by atomic mass is 32.1.